The topological polar surface area (TPSA) is 62.9 Å². The van der Waals surface area contributed by atoms with Gasteiger partial charge in [0.05, 0.1) is 30.7 Å². The van der Waals surface area contributed by atoms with Gasteiger partial charge >= 0.3 is 0 Å². The number of rotatable bonds is 2. The number of anilines is 1. The molecule has 1 aliphatic rings. The van der Waals surface area contributed by atoms with Crippen molar-refractivity contribution in [2.24, 2.45) is 0 Å². The Hall–Kier alpha value is -1.66. The average Bonchev–Trinajstić information content (AvgIpc) is 2.79. The first-order valence-electron chi connectivity index (χ1n) is 6.52. The molecule has 3 rings (SSSR count). The molecule has 1 aliphatic heterocycles. The van der Waals surface area contributed by atoms with Gasteiger partial charge in [0.1, 0.15) is 5.82 Å². The van der Waals surface area contributed by atoms with Gasteiger partial charge in [-0.05, 0) is 26.0 Å². The number of aromatic nitrogens is 3. The molecule has 1 fully saturated rings. The summed E-state index contributed by atoms with van der Waals surface area (Å²) in [6, 6.07) is 3.89. The maximum Gasteiger partial charge on any atom is 0.154 e. The zero-order valence-electron chi connectivity index (χ0n) is 11.2. The Morgan fingerprint density at radius 3 is 2.74 bits per heavy atom. The van der Waals surface area contributed by atoms with E-state index in [-0.39, 0.29) is 18.8 Å². The lowest BCUT2D eigenvalue weighted by Crippen LogP contribution is -2.46. The quantitative estimate of drug-likeness (QED) is 0.868. The second kappa shape index (κ2) is 4.79. The first-order valence-corrected chi connectivity index (χ1v) is 6.52. The molecule has 0 spiro atoms. The summed E-state index contributed by atoms with van der Waals surface area (Å²) in [6.07, 6.45) is 2.17. The monoisotopic (exact) mass is 262 g/mol. The molecule has 1 N–H and O–H groups in total. The average molecular weight is 262 g/mol. The fraction of sp³-hybridized carbons (Fsp3) is 0.538. The molecule has 0 radical (unpaired) electrons. The molecule has 0 bridgehead atoms. The van der Waals surface area contributed by atoms with Gasteiger partial charge in [0.25, 0.3) is 0 Å². The second-order valence-electron chi connectivity index (χ2n) is 5.05. The molecule has 0 aromatic carbocycles. The molecule has 1 saturated heterocycles. The molecular weight excluding hydrogens is 244 g/mol. The summed E-state index contributed by atoms with van der Waals surface area (Å²) < 4.78 is 7.44. The molecule has 102 valence electrons. The summed E-state index contributed by atoms with van der Waals surface area (Å²) in [4.78, 5) is 6.47. The van der Waals surface area contributed by atoms with Gasteiger partial charge in [0.2, 0.25) is 0 Å². The summed E-state index contributed by atoms with van der Waals surface area (Å²) in [5, 5.41) is 13.6. The van der Waals surface area contributed by atoms with E-state index in [1.807, 2.05) is 12.1 Å². The minimum absolute atomic E-state index is 0.0652. The van der Waals surface area contributed by atoms with Crippen molar-refractivity contribution in [3.63, 3.8) is 0 Å². The Balaban J connectivity index is 1.91. The molecule has 19 heavy (non-hydrogen) atoms. The summed E-state index contributed by atoms with van der Waals surface area (Å²) in [7, 11) is 0. The maximum absolute atomic E-state index is 9.10. The first-order chi connectivity index (χ1) is 9.15. The van der Waals surface area contributed by atoms with Gasteiger partial charge < -0.3 is 14.7 Å². The van der Waals surface area contributed by atoms with E-state index >= 15 is 0 Å². The predicted molar refractivity (Wildman–Crippen MR) is 71.1 cm³/mol. The molecule has 3 heterocycles. The summed E-state index contributed by atoms with van der Waals surface area (Å²) >= 11 is 0. The van der Waals surface area contributed by atoms with Crippen LogP contribution in [0.25, 0.3) is 5.65 Å². The minimum atomic E-state index is -0.0652. The lowest BCUT2D eigenvalue weighted by atomic mass is 10.2. The second-order valence-corrected chi connectivity index (χ2v) is 5.05. The molecule has 2 atom stereocenters. The number of hydrogen-bond acceptors (Lipinski definition) is 5. The Morgan fingerprint density at radius 1 is 1.32 bits per heavy atom. The normalized spacial score (nSPS) is 24.1. The van der Waals surface area contributed by atoms with E-state index in [1.165, 1.54) is 0 Å². The first kappa shape index (κ1) is 12.4. The highest BCUT2D eigenvalue weighted by Gasteiger charge is 2.23. The van der Waals surface area contributed by atoms with Crippen LogP contribution in [0.1, 0.15) is 19.5 Å². The third kappa shape index (κ3) is 2.41. The van der Waals surface area contributed by atoms with E-state index in [0.29, 0.717) is 5.69 Å². The van der Waals surface area contributed by atoms with E-state index < -0.39 is 0 Å². The van der Waals surface area contributed by atoms with Gasteiger partial charge in [-0.15, -0.1) is 5.10 Å². The standard InChI is InChI=1S/C13H18N4O2/c1-9-5-16(6-10(2)19-9)13-4-3-12-14-11(8-18)7-17(12)15-13/h3-4,7,9-10,18H,5-6,8H2,1-2H3. The third-order valence-electron chi connectivity index (χ3n) is 3.26. The van der Waals surface area contributed by atoms with Crippen LogP contribution in [-0.2, 0) is 11.3 Å². The largest absolute Gasteiger partial charge is 0.390 e. The van der Waals surface area contributed by atoms with Crippen LogP contribution in [0, 0.1) is 0 Å². The molecule has 2 aromatic rings. The van der Waals surface area contributed by atoms with Crippen LogP contribution in [0.4, 0.5) is 5.82 Å². The van der Waals surface area contributed by atoms with Gasteiger partial charge in [-0.1, -0.05) is 0 Å². The van der Waals surface area contributed by atoms with Crippen LogP contribution in [0.3, 0.4) is 0 Å². The highest BCUT2D eigenvalue weighted by atomic mass is 16.5. The molecule has 2 unspecified atom stereocenters. The van der Waals surface area contributed by atoms with Crippen molar-refractivity contribution in [1.82, 2.24) is 14.6 Å². The fourth-order valence-electron chi connectivity index (χ4n) is 2.53. The SMILES string of the molecule is CC1CN(c2ccc3nc(CO)cn3n2)CC(C)O1. The van der Waals surface area contributed by atoms with E-state index in [1.54, 1.807) is 10.7 Å². The van der Waals surface area contributed by atoms with E-state index in [9.17, 15) is 0 Å². The van der Waals surface area contributed by atoms with E-state index in [2.05, 4.69) is 28.8 Å². The van der Waals surface area contributed by atoms with Gasteiger partial charge in [0, 0.05) is 13.1 Å². The van der Waals surface area contributed by atoms with Crippen molar-refractivity contribution in [3.8, 4) is 0 Å². The maximum atomic E-state index is 9.10. The van der Waals surface area contributed by atoms with Gasteiger partial charge in [-0.3, -0.25) is 0 Å². The number of ether oxygens (including phenoxy) is 1. The van der Waals surface area contributed by atoms with E-state index in [4.69, 9.17) is 9.84 Å². The van der Waals surface area contributed by atoms with Gasteiger partial charge in [-0.2, -0.15) is 0 Å². The number of hydrogen-bond donors (Lipinski definition) is 1. The molecule has 6 nitrogen and oxygen atoms in total. The van der Waals surface area contributed by atoms with Crippen molar-refractivity contribution < 1.29 is 9.84 Å². The molecule has 0 aliphatic carbocycles. The number of aliphatic hydroxyl groups excluding tert-OH is 1. The van der Waals surface area contributed by atoms with Crippen LogP contribution < -0.4 is 4.90 Å². The minimum Gasteiger partial charge on any atom is -0.390 e. The Morgan fingerprint density at radius 2 is 2.05 bits per heavy atom. The van der Waals surface area contributed by atoms with Crippen LogP contribution >= 0.6 is 0 Å². The molecule has 0 amide bonds. The zero-order valence-corrected chi connectivity index (χ0v) is 11.2. The molecule has 0 saturated carbocycles. The summed E-state index contributed by atoms with van der Waals surface area (Å²) in [5.74, 6) is 0.913. The molecular formula is C13H18N4O2. The van der Waals surface area contributed by atoms with Crippen molar-refractivity contribution in [2.75, 3.05) is 18.0 Å². The van der Waals surface area contributed by atoms with Crippen molar-refractivity contribution in [2.45, 2.75) is 32.7 Å². The van der Waals surface area contributed by atoms with Gasteiger partial charge in [0.15, 0.2) is 5.65 Å². The molecule has 2 aromatic heterocycles. The van der Waals surface area contributed by atoms with Crippen molar-refractivity contribution in [3.05, 3.63) is 24.0 Å². The number of aliphatic hydroxyl groups is 1. The van der Waals surface area contributed by atoms with Crippen molar-refractivity contribution >= 4 is 11.5 Å². The van der Waals surface area contributed by atoms with Gasteiger partial charge in [-0.25, -0.2) is 9.50 Å². The Kier molecular flexibility index (Phi) is 3.12. The summed E-state index contributed by atoms with van der Waals surface area (Å²) in [5.41, 5.74) is 1.38. The van der Waals surface area contributed by atoms with E-state index in [0.717, 1.165) is 24.6 Å². The number of morpholine rings is 1. The third-order valence-corrected chi connectivity index (χ3v) is 3.26. The lowest BCUT2D eigenvalue weighted by Gasteiger charge is -2.35. The predicted octanol–water partition coefficient (Wildman–Crippen LogP) is 0.835. The Bertz CT molecular complexity index is 573. The van der Waals surface area contributed by atoms with Crippen LogP contribution in [0.15, 0.2) is 18.3 Å². The number of nitrogens with zero attached hydrogens (tertiary/aromatic N) is 4. The zero-order chi connectivity index (χ0) is 13.4. The van der Waals surface area contributed by atoms with Crippen LogP contribution in [0.2, 0.25) is 0 Å². The number of imidazole rings is 1. The van der Waals surface area contributed by atoms with Crippen LogP contribution in [-0.4, -0.2) is 45.0 Å². The van der Waals surface area contributed by atoms with Crippen molar-refractivity contribution in [1.29, 1.82) is 0 Å². The summed E-state index contributed by atoms with van der Waals surface area (Å²) in [6.45, 7) is 5.75. The highest BCUT2D eigenvalue weighted by molar-refractivity contribution is 5.47. The Labute approximate surface area is 111 Å². The van der Waals surface area contributed by atoms with Crippen LogP contribution in [0.5, 0.6) is 0 Å². The number of fused-ring (bicyclic) bond motifs is 1. The fourth-order valence-corrected chi connectivity index (χ4v) is 2.53. The highest BCUT2D eigenvalue weighted by Crippen LogP contribution is 2.18. The lowest BCUT2D eigenvalue weighted by molar-refractivity contribution is -0.00551. The smallest absolute Gasteiger partial charge is 0.154 e. The molecule has 6 heteroatoms.